The van der Waals surface area contributed by atoms with Crippen LogP contribution in [0.1, 0.15) is 102 Å². The molecule has 31 heavy (non-hydrogen) atoms. The number of benzene rings is 1. The molecule has 8 saturated carbocycles. The molecular weight excluding hydrogens is 376 g/mol. The van der Waals surface area contributed by atoms with Gasteiger partial charge in [-0.2, -0.15) is 0 Å². The van der Waals surface area contributed by atoms with Crippen LogP contribution in [0.5, 0.6) is 5.75 Å². The van der Waals surface area contributed by atoms with Crippen LogP contribution >= 0.6 is 0 Å². The van der Waals surface area contributed by atoms with E-state index >= 15 is 0 Å². The second-order valence-corrected chi connectivity index (χ2v) is 13.4. The fraction of sp³-hybridized carbons (Fsp3) is 0.800. The summed E-state index contributed by atoms with van der Waals surface area (Å²) in [5.74, 6) is 6.38. The van der Waals surface area contributed by atoms with Crippen molar-refractivity contribution < 1.29 is 4.74 Å². The molecule has 8 bridgehead atoms. The number of ether oxygens (including phenoxy) is 1. The smallest absolute Gasteiger partial charge is 0.119 e. The van der Waals surface area contributed by atoms with Crippen molar-refractivity contribution in [2.24, 2.45) is 40.4 Å². The molecule has 0 N–H and O–H groups in total. The van der Waals surface area contributed by atoms with Crippen LogP contribution in [0.3, 0.4) is 0 Å². The largest absolute Gasteiger partial charge is 0.494 e. The van der Waals surface area contributed by atoms with E-state index in [-0.39, 0.29) is 0 Å². The first kappa shape index (κ1) is 19.5. The first-order valence-corrected chi connectivity index (χ1v) is 13.8. The van der Waals surface area contributed by atoms with Gasteiger partial charge in [0, 0.05) is 0 Å². The summed E-state index contributed by atoms with van der Waals surface area (Å²) in [6.07, 6.45) is 21.2. The van der Waals surface area contributed by atoms with Gasteiger partial charge in [-0.05, 0) is 147 Å². The molecule has 0 heterocycles. The third-order valence-electron chi connectivity index (χ3n) is 11.5. The number of hydrogen-bond acceptors (Lipinski definition) is 1. The van der Waals surface area contributed by atoms with Crippen molar-refractivity contribution in [1.29, 1.82) is 0 Å². The molecule has 8 fully saturated rings. The van der Waals surface area contributed by atoms with Gasteiger partial charge in [0.05, 0.1) is 6.61 Å². The Hall–Kier alpha value is -0.980. The molecule has 4 atom stereocenters. The van der Waals surface area contributed by atoms with Gasteiger partial charge in [-0.1, -0.05) is 25.5 Å². The van der Waals surface area contributed by atoms with Gasteiger partial charge >= 0.3 is 0 Å². The van der Waals surface area contributed by atoms with E-state index in [4.69, 9.17) is 4.74 Å². The minimum atomic E-state index is 0.482. The molecule has 168 valence electrons. The van der Waals surface area contributed by atoms with Crippen LogP contribution in [-0.2, 0) is 5.41 Å². The lowest BCUT2D eigenvalue weighted by atomic mass is 9.32. The zero-order valence-electron chi connectivity index (χ0n) is 19.7. The first-order chi connectivity index (χ1) is 15.1. The van der Waals surface area contributed by atoms with Gasteiger partial charge in [-0.25, -0.2) is 0 Å². The van der Waals surface area contributed by atoms with Crippen LogP contribution in [-0.4, -0.2) is 6.61 Å². The van der Waals surface area contributed by atoms with E-state index in [2.05, 4.69) is 31.2 Å². The average Bonchev–Trinajstić information content (AvgIpc) is 2.72. The molecule has 0 spiro atoms. The maximum atomic E-state index is 6.00. The topological polar surface area (TPSA) is 9.23 Å². The molecule has 0 amide bonds. The highest BCUT2D eigenvalue weighted by Gasteiger charge is 2.67. The first-order valence-electron chi connectivity index (χ1n) is 13.8. The lowest BCUT2D eigenvalue weighted by Crippen LogP contribution is -2.63. The molecule has 0 saturated heterocycles. The van der Waals surface area contributed by atoms with Crippen molar-refractivity contribution in [3.05, 3.63) is 29.8 Å². The lowest BCUT2D eigenvalue weighted by Gasteiger charge is -2.72. The molecule has 0 radical (unpaired) electrons. The zero-order chi connectivity index (χ0) is 20.7. The third-order valence-corrected chi connectivity index (χ3v) is 11.5. The van der Waals surface area contributed by atoms with Crippen molar-refractivity contribution in [2.75, 3.05) is 6.61 Å². The number of unbranched alkanes of at least 4 members (excludes halogenated alkanes) is 1. The van der Waals surface area contributed by atoms with E-state index in [0.717, 1.165) is 53.8 Å². The Balaban J connectivity index is 1.21. The quantitative estimate of drug-likeness (QED) is 0.426. The van der Waals surface area contributed by atoms with Crippen LogP contribution in [0.25, 0.3) is 0 Å². The van der Waals surface area contributed by atoms with Crippen LogP contribution < -0.4 is 4.74 Å². The maximum Gasteiger partial charge on any atom is 0.119 e. The Labute approximate surface area is 189 Å². The summed E-state index contributed by atoms with van der Waals surface area (Å²) in [7, 11) is 0. The Morgan fingerprint density at radius 1 is 0.710 bits per heavy atom. The van der Waals surface area contributed by atoms with Gasteiger partial charge in [-0.15, -0.1) is 0 Å². The molecule has 9 rings (SSSR count). The summed E-state index contributed by atoms with van der Waals surface area (Å²) in [5.41, 5.74) is 3.56. The standard InChI is InChI=1S/C30H42O/c1-2-3-8-31-27-6-4-26(5-7-27)28-13-24-12-25(14-28)19-30(18-24,20-28)29-15-21-9-22(16-29)11-23(10-21)17-29/h4-7,21-25H,2-3,8-20H2,1H3/t21?,22?,23?,24-,25+,28?,29?,30?. The van der Waals surface area contributed by atoms with E-state index in [1.54, 1.807) is 63.4 Å². The van der Waals surface area contributed by atoms with E-state index < -0.39 is 0 Å². The number of hydrogen-bond donors (Lipinski definition) is 0. The molecule has 1 aromatic rings. The maximum absolute atomic E-state index is 6.00. The summed E-state index contributed by atoms with van der Waals surface area (Å²) >= 11 is 0. The predicted molar refractivity (Wildman–Crippen MR) is 126 cm³/mol. The highest BCUT2D eigenvalue weighted by atomic mass is 16.5. The molecule has 8 aliphatic carbocycles. The van der Waals surface area contributed by atoms with Crippen LogP contribution in [0.4, 0.5) is 0 Å². The predicted octanol–water partition coefficient (Wildman–Crippen LogP) is 7.92. The highest BCUT2D eigenvalue weighted by Crippen LogP contribution is 2.77. The molecule has 1 heteroatoms. The molecule has 0 aliphatic heterocycles. The Morgan fingerprint density at radius 2 is 1.26 bits per heavy atom. The molecule has 8 aliphatic rings. The monoisotopic (exact) mass is 418 g/mol. The fourth-order valence-corrected chi connectivity index (χ4v) is 11.2. The lowest BCUT2D eigenvalue weighted by molar-refractivity contribution is -0.205. The summed E-state index contributed by atoms with van der Waals surface area (Å²) in [6, 6.07) is 9.53. The summed E-state index contributed by atoms with van der Waals surface area (Å²) < 4.78 is 6.00. The van der Waals surface area contributed by atoms with Crippen molar-refractivity contribution in [1.82, 2.24) is 0 Å². The fourth-order valence-electron chi connectivity index (χ4n) is 11.2. The van der Waals surface area contributed by atoms with Gasteiger partial charge in [0.15, 0.2) is 0 Å². The Morgan fingerprint density at radius 3 is 1.84 bits per heavy atom. The third kappa shape index (κ3) is 2.86. The van der Waals surface area contributed by atoms with Crippen molar-refractivity contribution in [3.63, 3.8) is 0 Å². The summed E-state index contributed by atoms with van der Waals surface area (Å²) in [4.78, 5) is 0. The van der Waals surface area contributed by atoms with Crippen LogP contribution in [0.15, 0.2) is 24.3 Å². The van der Waals surface area contributed by atoms with E-state index in [9.17, 15) is 0 Å². The molecule has 1 aromatic carbocycles. The Kier molecular flexibility index (Phi) is 4.25. The van der Waals surface area contributed by atoms with E-state index in [1.807, 2.05) is 0 Å². The molecular formula is C30H42O. The van der Waals surface area contributed by atoms with Gasteiger partial charge in [0.25, 0.3) is 0 Å². The SMILES string of the molecule is CCCCOc1ccc(C23C[C@H]4C[C@@H](C2)CC(C25CC6CC(CC(C6)C2)C5)(C4)C3)cc1. The molecule has 1 nitrogen and oxygen atoms in total. The average molecular weight is 419 g/mol. The second kappa shape index (κ2) is 6.77. The Bertz CT molecular complexity index is 785. The highest BCUT2D eigenvalue weighted by molar-refractivity contribution is 5.36. The number of rotatable bonds is 6. The van der Waals surface area contributed by atoms with Crippen LogP contribution in [0, 0.1) is 40.4 Å². The molecule has 0 aromatic heterocycles. The van der Waals surface area contributed by atoms with Crippen LogP contribution in [0.2, 0.25) is 0 Å². The summed E-state index contributed by atoms with van der Waals surface area (Å²) in [6.45, 7) is 3.10. The van der Waals surface area contributed by atoms with Gasteiger partial charge in [-0.3, -0.25) is 0 Å². The second-order valence-electron chi connectivity index (χ2n) is 13.4. The normalized spacial score (nSPS) is 49.0. The van der Waals surface area contributed by atoms with E-state index in [1.165, 1.54) is 25.7 Å². The van der Waals surface area contributed by atoms with E-state index in [0.29, 0.717) is 10.8 Å². The summed E-state index contributed by atoms with van der Waals surface area (Å²) in [5, 5.41) is 0. The van der Waals surface area contributed by atoms with Crippen molar-refractivity contribution >= 4 is 0 Å². The minimum absolute atomic E-state index is 0.482. The van der Waals surface area contributed by atoms with Gasteiger partial charge < -0.3 is 4.74 Å². The van der Waals surface area contributed by atoms with Gasteiger partial charge in [0.2, 0.25) is 0 Å². The minimum Gasteiger partial charge on any atom is -0.494 e. The van der Waals surface area contributed by atoms with Crippen molar-refractivity contribution in [3.8, 4) is 5.75 Å². The zero-order valence-corrected chi connectivity index (χ0v) is 19.7. The van der Waals surface area contributed by atoms with Gasteiger partial charge in [0.1, 0.15) is 5.75 Å². The molecule has 2 unspecified atom stereocenters. The van der Waals surface area contributed by atoms with Crippen molar-refractivity contribution in [2.45, 2.75) is 102 Å².